The summed E-state index contributed by atoms with van der Waals surface area (Å²) in [6.07, 6.45) is 0. The van der Waals surface area contributed by atoms with Crippen molar-refractivity contribution in [3.8, 4) is 22.9 Å². The second kappa shape index (κ2) is 6.54. The lowest BCUT2D eigenvalue weighted by molar-refractivity contribution is 0.317. The standard InChI is InChI=1S/C19H16N4O2S2/c1-2-25-15-10-13(8-9-14(15)24)18-22-16(11-26-18)27-19-21-20-17(23(19)22)12-6-4-3-5-7-12/h3-11,18,24H,2H2,1H3. The van der Waals surface area contributed by atoms with Crippen LogP contribution in [0, 0.1) is 0 Å². The highest BCUT2D eigenvalue weighted by Gasteiger charge is 2.40. The van der Waals surface area contributed by atoms with Crippen molar-refractivity contribution in [3.63, 3.8) is 0 Å². The number of ether oxygens (including phenoxy) is 1. The minimum Gasteiger partial charge on any atom is -0.504 e. The van der Waals surface area contributed by atoms with Gasteiger partial charge in [-0.25, -0.2) is 4.68 Å². The summed E-state index contributed by atoms with van der Waals surface area (Å²) in [5.74, 6) is 1.48. The number of nitrogens with zero attached hydrogens (tertiary/aromatic N) is 4. The molecule has 2 aromatic carbocycles. The average molecular weight is 396 g/mol. The molecule has 1 N–H and O–H groups in total. The van der Waals surface area contributed by atoms with Crippen LogP contribution in [0.3, 0.4) is 0 Å². The molecule has 2 aliphatic heterocycles. The van der Waals surface area contributed by atoms with Gasteiger partial charge < -0.3 is 9.84 Å². The Morgan fingerprint density at radius 1 is 1.15 bits per heavy atom. The van der Waals surface area contributed by atoms with Gasteiger partial charge in [-0.2, -0.15) is 0 Å². The lowest BCUT2D eigenvalue weighted by Crippen LogP contribution is -2.29. The molecule has 0 radical (unpaired) electrons. The zero-order valence-corrected chi connectivity index (χ0v) is 16.1. The Hall–Kier alpha value is -2.58. The van der Waals surface area contributed by atoms with Gasteiger partial charge in [0.1, 0.15) is 10.4 Å². The number of phenolic OH excluding ortho intramolecular Hbond substituents is 1. The molecule has 136 valence electrons. The van der Waals surface area contributed by atoms with Crippen LogP contribution in [0.4, 0.5) is 0 Å². The number of rotatable bonds is 4. The second-order valence-corrected chi connectivity index (χ2v) is 7.98. The maximum atomic E-state index is 10.0. The van der Waals surface area contributed by atoms with Crippen LogP contribution in [-0.2, 0) is 0 Å². The molecule has 6 nitrogen and oxygen atoms in total. The third kappa shape index (κ3) is 2.67. The lowest BCUT2D eigenvalue weighted by Gasteiger charge is -2.26. The fourth-order valence-electron chi connectivity index (χ4n) is 3.18. The Bertz CT molecular complexity index is 1040. The highest BCUT2D eigenvalue weighted by molar-refractivity contribution is 8.07. The van der Waals surface area contributed by atoms with E-state index in [9.17, 15) is 5.11 Å². The van der Waals surface area contributed by atoms with Gasteiger partial charge in [0.2, 0.25) is 5.16 Å². The van der Waals surface area contributed by atoms with E-state index in [1.165, 1.54) is 0 Å². The average Bonchev–Trinajstić information content (AvgIpc) is 3.36. The van der Waals surface area contributed by atoms with Crippen LogP contribution in [-0.4, -0.2) is 26.6 Å². The van der Waals surface area contributed by atoms with Gasteiger partial charge in [-0.3, -0.25) is 5.01 Å². The first-order valence-corrected chi connectivity index (χ1v) is 10.3. The SMILES string of the molecule is CCOc1cc(C2SC=C3Sc4nnc(-c5ccccc5)n4N32)ccc1O. The maximum Gasteiger partial charge on any atom is 0.217 e. The molecule has 8 heteroatoms. The molecule has 1 atom stereocenters. The summed E-state index contributed by atoms with van der Waals surface area (Å²) in [6.45, 7) is 2.41. The fourth-order valence-corrected chi connectivity index (χ4v) is 5.40. The van der Waals surface area contributed by atoms with Gasteiger partial charge in [-0.15, -0.1) is 10.2 Å². The van der Waals surface area contributed by atoms with Crippen molar-refractivity contribution >= 4 is 23.5 Å². The number of aromatic hydroxyl groups is 1. The molecule has 0 saturated carbocycles. The predicted molar refractivity (Wildman–Crippen MR) is 107 cm³/mol. The molecule has 1 aromatic heterocycles. The summed E-state index contributed by atoms with van der Waals surface area (Å²) < 4.78 is 7.64. The smallest absolute Gasteiger partial charge is 0.217 e. The molecule has 0 fully saturated rings. The molecule has 5 rings (SSSR count). The topological polar surface area (TPSA) is 63.4 Å². The Morgan fingerprint density at radius 2 is 2.00 bits per heavy atom. The normalized spacial score (nSPS) is 17.6. The predicted octanol–water partition coefficient (Wildman–Crippen LogP) is 4.34. The van der Waals surface area contributed by atoms with Gasteiger partial charge >= 0.3 is 0 Å². The summed E-state index contributed by atoms with van der Waals surface area (Å²) in [5.41, 5.74) is 2.07. The summed E-state index contributed by atoms with van der Waals surface area (Å²) >= 11 is 3.33. The van der Waals surface area contributed by atoms with Crippen molar-refractivity contribution in [3.05, 3.63) is 64.5 Å². The van der Waals surface area contributed by atoms with Crippen LogP contribution in [0.1, 0.15) is 17.9 Å². The largest absolute Gasteiger partial charge is 0.504 e. The van der Waals surface area contributed by atoms with Gasteiger partial charge in [0.15, 0.2) is 17.3 Å². The van der Waals surface area contributed by atoms with Gasteiger partial charge in [0.05, 0.1) is 6.61 Å². The van der Waals surface area contributed by atoms with Crippen LogP contribution in [0.15, 0.2) is 64.1 Å². The first kappa shape index (κ1) is 16.6. The van der Waals surface area contributed by atoms with E-state index in [2.05, 4.69) is 25.3 Å². The zero-order chi connectivity index (χ0) is 18.4. The number of benzene rings is 2. The Morgan fingerprint density at radius 3 is 2.81 bits per heavy atom. The van der Waals surface area contributed by atoms with Gasteiger partial charge in [0, 0.05) is 11.0 Å². The summed E-state index contributed by atoms with van der Waals surface area (Å²) in [6, 6.07) is 15.6. The monoisotopic (exact) mass is 396 g/mol. The highest BCUT2D eigenvalue weighted by atomic mass is 32.2. The van der Waals surface area contributed by atoms with Crippen molar-refractivity contribution in [2.45, 2.75) is 17.5 Å². The van der Waals surface area contributed by atoms with Gasteiger partial charge in [-0.1, -0.05) is 48.2 Å². The van der Waals surface area contributed by atoms with Crippen molar-refractivity contribution in [2.24, 2.45) is 0 Å². The number of hydrogen-bond acceptors (Lipinski definition) is 7. The van der Waals surface area contributed by atoms with Crippen LogP contribution in [0.2, 0.25) is 0 Å². The zero-order valence-electron chi connectivity index (χ0n) is 14.4. The van der Waals surface area contributed by atoms with Crippen molar-refractivity contribution in [2.75, 3.05) is 11.6 Å². The fraction of sp³-hybridized carbons (Fsp3) is 0.158. The molecule has 0 spiro atoms. The molecule has 0 amide bonds. The quantitative estimate of drug-likeness (QED) is 0.704. The molecule has 0 saturated heterocycles. The van der Waals surface area contributed by atoms with E-state index in [-0.39, 0.29) is 11.1 Å². The molecule has 3 heterocycles. The molecule has 0 bridgehead atoms. The minimum absolute atomic E-state index is 0.0204. The third-order valence-electron chi connectivity index (χ3n) is 4.37. The van der Waals surface area contributed by atoms with Crippen LogP contribution >= 0.6 is 23.5 Å². The molecule has 0 aliphatic carbocycles. The maximum absolute atomic E-state index is 10.0. The van der Waals surface area contributed by atoms with Crippen molar-refractivity contribution in [1.82, 2.24) is 14.9 Å². The van der Waals surface area contributed by atoms with Crippen LogP contribution in [0.5, 0.6) is 11.5 Å². The Labute approximate surface area is 164 Å². The number of thioether (sulfide) groups is 2. The van der Waals surface area contributed by atoms with Crippen LogP contribution in [0.25, 0.3) is 11.4 Å². The molecule has 3 aromatic rings. The van der Waals surface area contributed by atoms with E-state index in [4.69, 9.17) is 4.74 Å². The highest BCUT2D eigenvalue weighted by Crippen LogP contribution is 2.52. The number of aromatic nitrogens is 3. The second-order valence-electron chi connectivity index (χ2n) is 6.04. The molecular formula is C19H16N4O2S2. The van der Waals surface area contributed by atoms with Gasteiger partial charge in [-0.05, 0) is 36.4 Å². The van der Waals surface area contributed by atoms with Crippen molar-refractivity contribution in [1.29, 1.82) is 0 Å². The molecule has 27 heavy (non-hydrogen) atoms. The molecular weight excluding hydrogens is 380 g/mol. The third-order valence-corrected chi connectivity index (χ3v) is 6.56. The van der Waals surface area contributed by atoms with E-state index in [1.54, 1.807) is 29.6 Å². The van der Waals surface area contributed by atoms with Crippen LogP contribution < -0.4 is 9.75 Å². The molecule has 2 aliphatic rings. The number of fused-ring (bicyclic) bond motifs is 3. The lowest BCUT2D eigenvalue weighted by atomic mass is 10.2. The Kier molecular flexibility index (Phi) is 4.02. The van der Waals surface area contributed by atoms with E-state index >= 15 is 0 Å². The van der Waals surface area contributed by atoms with E-state index in [0.29, 0.717) is 12.4 Å². The van der Waals surface area contributed by atoms with E-state index < -0.39 is 0 Å². The van der Waals surface area contributed by atoms with Crippen molar-refractivity contribution < 1.29 is 9.84 Å². The number of phenols is 1. The first-order valence-electron chi connectivity index (χ1n) is 8.56. The summed E-state index contributed by atoms with van der Waals surface area (Å²) in [7, 11) is 0. The Balaban J connectivity index is 1.57. The minimum atomic E-state index is 0.0204. The summed E-state index contributed by atoms with van der Waals surface area (Å²) in [4.78, 5) is 0. The summed E-state index contributed by atoms with van der Waals surface area (Å²) in [5, 5.41) is 25.1. The molecule has 1 unspecified atom stereocenters. The van der Waals surface area contributed by atoms with E-state index in [1.807, 2.05) is 49.4 Å². The first-order chi connectivity index (χ1) is 13.3. The van der Waals surface area contributed by atoms with E-state index in [0.717, 1.165) is 27.1 Å². The number of hydrogen-bond donors (Lipinski definition) is 1. The van der Waals surface area contributed by atoms with Gasteiger partial charge in [0.25, 0.3) is 0 Å².